The average Bonchev–Trinajstić information content (AvgIpc) is 3.25. The van der Waals surface area contributed by atoms with Gasteiger partial charge < -0.3 is 4.57 Å². The molecule has 130 valence electrons. The average molecular weight is 344 g/mol. The minimum atomic E-state index is 0.688. The minimum Gasteiger partial charge on any atom is -0.334 e. The van der Waals surface area contributed by atoms with Gasteiger partial charge in [0.2, 0.25) is 0 Å². The fourth-order valence-corrected chi connectivity index (χ4v) is 2.88. The van der Waals surface area contributed by atoms with Gasteiger partial charge in [-0.25, -0.2) is 14.5 Å². The molecule has 4 aromatic rings. The molecular formula is C20H20N6. The van der Waals surface area contributed by atoms with E-state index >= 15 is 0 Å². The van der Waals surface area contributed by atoms with Crippen LogP contribution in [0.25, 0.3) is 28.6 Å². The van der Waals surface area contributed by atoms with E-state index in [0.717, 1.165) is 39.7 Å². The number of aromatic nitrogens is 6. The Kier molecular flexibility index (Phi) is 3.88. The molecule has 3 aromatic heterocycles. The Labute approximate surface area is 151 Å². The van der Waals surface area contributed by atoms with Crippen molar-refractivity contribution in [2.24, 2.45) is 7.05 Å². The van der Waals surface area contributed by atoms with Gasteiger partial charge in [-0.3, -0.25) is 4.98 Å². The van der Waals surface area contributed by atoms with Crippen LogP contribution in [0.15, 0.2) is 42.7 Å². The maximum atomic E-state index is 4.75. The number of imidazole rings is 1. The third-order valence-corrected chi connectivity index (χ3v) is 4.39. The number of allylic oxidation sites excluding steroid dienone is 1. The zero-order valence-corrected chi connectivity index (χ0v) is 15.3. The number of aryl methyl sites for hydroxylation is 3. The molecule has 26 heavy (non-hydrogen) atoms. The number of hydrogen-bond acceptors (Lipinski definition) is 4. The summed E-state index contributed by atoms with van der Waals surface area (Å²) in [6.07, 6.45) is 5.85. The summed E-state index contributed by atoms with van der Waals surface area (Å²) >= 11 is 0. The molecule has 6 heteroatoms. The van der Waals surface area contributed by atoms with Crippen LogP contribution in [0, 0.1) is 13.8 Å². The number of rotatable bonds is 3. The van der Waals surface area contributed by atoms with E-state index in [9.17, 15) is 0 Å². The third-order valence-electron chi connectivity index (χ3n) is 4.39. The quantitative estimate of drug-likeness (QED) is 0.568. The van der Waals surface area contributed by atoms with Gasteiger partial charge in [0, 0.05) is 25.0 Å². The molecule has 0 saturated carbocycles. The molecular weight excluding hydrogens is 324 g/mol. The first-order chi connectivity index (χ1) is 12.5. The van der Waals surface area contributed by atoms with Gasteiger partial charge in [-0.1, -0.05) is 30.3 Å². The lowest BCUT2D eigenvalue weighted by Gasteiger charge is -1.98. The largest absolute Gasteiger partial charge is 0.334 e. The first-order valence-corrected chi connectivity index (χ1v) is 8.49. The van der Waals surface area contributed by atoms with E-state index in [-0.39, 0.29) is 0 Å². The van der Waals surface area contributed by atoms with Gasteiger partial charge in [-0.05, 0) is 32.4 Å². The fourth-order valence-electron chi connectivity index (χ4n) is 2.88. The van der Waals surface area contributed by atoms with Crippen molar-refractivity contribution in [2.75, 3.05) is 0 Å². The van der Waals surface area contributed by atoms with E-state index in [1.165, 1.54) is 0 Å². The Morgan fingerprint density at radius 3 is 2.58 bits per heavy atom. The van der Waals surface area contributed by atoms with Gasteiger partial charge in [0.05, 0.1) is 17.1 Å². The molecule has 4 rings (SSSR count). The summed E-state index contributed by atoms with van der Waals surface area (Å²) < 4.78 is 3.85. The van der Waals surface area contributed by atoms with Crippen molar-refractivity contribution in [1.82, 2.24) is 29.1 Å². The van der Waals surface area contributed by atoms with Crippen molar-refractivity contribution >= 4 is 17.3 Å². The first-order valence-electron chi connectivity index (χ1n) is 8.49. The molecule has 0 saturated heterocycles. The van der Waals surface area contributed by atoms with E-state index in [4.69, 9.17) is 4.98 Å². The highest BCUT2D eigenvalue weighted by Crippen LogP contribution is 2.21. The molecule has 0 fully saturated rings. The number of benzene rings is 1. The monoisotopic (exact) mass is 344 g/mol. The molecule has 0 aliphatic heterocycles. The van der Waals surface area contributed by atoms with Crippen LogP contribution in [0.4, 0.5) is 0 Å². The van der Waals surface area contributed by atoms with Gasteiger partial charge in [0.15, 0.2) is 11.5 Å². The van der Waals surface area contributed by atoms with Gasteiger partial charge in [-0.2, -0.15) is 0 Å². The Bertz CT molecular complexity index is 1080. The highest BCUT2D eigenvalue weighted by atomic mass is 15.3. The van der Waals surface area contributed by atoms with E-state index < -0.39 is 0 Å². The van der Waals surface area contributed by atoms with Crippen LogP contribution in [0.1, 0.15) is 30.0 Å². The predicted molar refractivity (Wildman–Crippen MR) is 102 cm³/mol. The zero-order chi connectivity index (χ0) is 18.3. The highest BCUT2D eigenvalue weighted by Gasteiger charge is 2.12. The smallest absolute Gasteiger partial charge is 0.178 e. The van der Waals surface area contributed by atoms with Crippen molar-refractivity contribution < 1.29 is 0 Å². The van der Waals surface area contributed by atoms with Gasteiger partial charge in [-0.15, -0.1) is 5.10 Å². The second-order valence-electron chi connectivity index (χ2n) is 6.44. The normalized spacial score (nSPS) is 12.1. The van der Waals surface area contributed by atoms with Gasteiger partial charge in [0.1, 0.15) is 5.82 Å². The summed E-state index contributed by atoms with van der Waals surface area (Å²) in [5.74, 6) is 1.56. The maximum Gasteiger partial charge on any atom is 0.178 e. The standard InChI is InChI=1S/C20H20N6/c1-13(19-23-20-15(3)21-11-14(2)26(20)24-19)10-18-22-17(12-25(18)4)16-8-6-5-7-9-16/h5-12H,1-4H3. The maximum absolute atomic E-state index is 4.75. The van der Waals surface area contributed by atoms with Crippen molar-refractivity contribution in [2.45, 2.75) is 20.8 Å². The highest BCUT2D eigenvalue weighted by molar-refractivity contribution is 5.76. The van der Waals surface area contributed by atoms with E-state index in [1.807, 2.05) is 73.6 Å². The lowest BCUT2D eigenvalue weighted by atomic mass is 10.2. The molecule has 0 bridgehead atoms. The molecule has 0 aliphatic carbocycles. The van der Waals surface area contributed by atoms with E-state index in [0.29, 0.717) is 5.82 Å². The van der Waals surface area contributed by atoms with Gasteiger partial charge >= 0.3 is 0 Å². The molecule has 0 aliphatic rings. The summed E-state index contributed by atoms with van der Waals surface area (Å²) in [5.41, 5.74) is 5.62. The Balaban J connectivity index is 1.74. The molecule has 0 unspecified atom stereocenters. The van der Waals surface area contributed by atoms with Crippen molar-refractivity contribution in [3.05, 3.63) is 65.8 Å². The molecule has 0 radical (unpaired) electrons. The molecule has 0 spiro atoms. The second kappa shape index (κ2) is 6.22. The van der Waals surface area contributed by atoms with Crippen LogP contribution in [0.2, 0.25) is 0 Å². The van der Waals surface area contributed by atoms with Crippen LogP contribution >= 0.6 is 0 Å². The van der Waals surface area contributed by atoms with E-state index in [1.54, 1.807) is 0 Å². The summed E-state index contributed by atoms with van der Waals surface area (Å²) in [5, 5.41) is 4.62. The van der Waals surface area contributed by atoms with Crippen LogP contribution < -0.4 is 0 Å². The lowest BCUT2D eigenvalue weighted by Crippen LogP contribution is -1.97. The summed E-state index contributed by atoms with van der Waals surface area (Å²) in [4.78, 5) is 13.7. The fraction of sp³-hybridized carbons (Fsp3) is 0.200. The van der Waals surface area contributed by atoms with Crippen LogP contribution in [0.3, 0.4) is 0 Å². The van der Waals surface area contributed by atoms with Crippen LogP contribution in [0.5, 0.6) is 0 Å². The number of hydrogen-bond donors (Lipinski definition) is 0. The van der Waals surface area contributed by atoms with Crippen LogP contribution in [-0.4, -0.2) is 29.1 Å². The number of nitrogens with zero attached hydrogens (tertiary/aromatic N) is 6. The van der Waals surface area contributed by atoms with Crippen molar-refractivity contribution in [3.63, 3.8) is 0 Å². The summed E-state index contributed by atoms with van der Waals surface area (Å²) in [6.45, 7) is 5.92. The molecule has 0 N–H and O–H groups in total. The predicted octanol–water partition coefficient (Wildman–Crippen LogP) is 3.70. The zero-order valence-electron chi connectivity index (χ0n) is 15.3. The van der Waals surface area contributed by atoms with E-state index in [2.05, 4.69) is 27.2 Å². The Morgan fingerprint density at radius 2 is 1.85 bits per heavy atom. The number of fused-ring (bicyclic) bond motifs is 1. The Hall–Kier alpha value is -3.28. The van der Waals surface area contributed by atoms with Crippen molar-refractivity contribution in [1.29, 1.82) is 0 Å². The molecule has 0 amide bonds. The van der Waals surface area contributed by atoms with Crippen LogP contribution in [-0.2, 0) is 7.05 Å². The third kappa shape index (κ3) is 2.79. The van der Waals surface area contributed by atoms with Crippen molar-refractivity contribution in [3.8, 4) is 11.3 Å². The first kappa shape index (κ1) is 16.2. The summed E-state index contributed by atoms with van der Waals surface area (Å²) in [6, 6.07) is 10.2. The molecule has 6 nitrogen and oxygen atoms in total. The second-order valence-corrected chi connectivity index (χ2v) is 6.44. The topological polar surface area (TPSA) is 60.9 Å². The lowest BCUT2D eigenvalue weighted by molar-refractivity contribution is 0.880. The molecule has 3 heterocycles. The molecule has 0 atom stereocenters. The SMILES string of the molecule is CC(=Cc1nc(-c2ccccc2)cn1C)c1nc2c(C)ncc(C)n2n1. The summed E-state index contributed by atoms with van der Waals surface area (Å²) in [7, 11) is 1.99. The molecule has 1 aromatic carbocycles. The van der Waals surface area contributed by atoms with Gasteiger partial charge in [0.25, 0.3) is 0 Å². The minimum absolute atomic E-state index is 0.688. The Morgan fingerprint density at radius 1 is 1.08 bits per heavy atom.